The van der Waals surface area contributed by atoms with Crippen LogP contribution in [0.1, 0.15) is 31.1 Å². The molecule has 1 aromatic rings. The van der Waals surface area contributed by atoms with E-state index in [1.165, 1.54) is 29.2 Å². The van der Waals surface area contributed by atoms with Crippen molar-refractivity contribution in [2.45, 2.75) is 20.8 Å². The number of benzene rings is 1. The van der Waals surface area contributed by atoms with Crippen LogP contribution in [-0.2, 0) is 4.79 Å². The molecule has 0 saturated carbocycles. The van der Waals surface area contributed by atoms with Crippen molar-refractivity contribution in [2.75, 3.05) is 13.1 Å². The number of hydrogen-bond acceptors (Lipinski definition) is 2. The molecule has 1 amide bonds. The molecule has 1 rings (SSSR count). The molecule has 20 heavy (non-hydrogen) atoms. The first-order chi connectivity index (χ1) is 9.31. The maximum absolute atomic E-state index is 12.9. The van der Waals surface area contributed by atoms with E-state index in [9.17, 15) is 14.0 Å². The SMILES string of the molecule is CC(C)CN(CC(C)C(=O)O)C(=O)c1ccc(F)cc1. The highest BCUT2D eigenvalue weighted by Crippen LogP contribution is 2.11. The topological polar surface area (TPSA) is 57.6 Å². The van der Waals surface area contributed by atoms with Gasteiger partial charge in [-0.15, -0.1) is 0 Å². The van der Waals surface area contributed by atoms with Crippen LogP contribution in [0.15, 0.2) is 24.3 Å². The summed E-state index contributed by atoms with van der Waals surface area (Å²) in [6, 6.07) is 5.27. The molecule has 1 unspecified atom stereocenters. The van der Waals surface area contributed by atoms with Crippen LogP contribution >= 0.6 is 0 Å². The van der Waals surface area contributed by atoms with Gasteiger partial charge in [-0.05, 0) is 30.2 Å². The van der Waals surface area contributed by atoms with Crippen LogP contribution < -0.4 is 0 Å². The quantitative estimate of drug-likeness (QED) is 0.872. The zero-order valence-corrected chi connectivity index (χ0v) is 12.0. The summed E-state index contributed by atoms with van der Waals surface area (Å²) in [6.45, 7) is 6.08. The minimum absolute atomic E-state index is 0.143. The molecule has 0 bridgehead atoms. The number of amides is 1. The summed E-state index contributed by atoms with van der Waals surface area (Å²) in [5.41, 5.74) is 0.365. The molecule has 0 aliphatic carbocycles. The van der Waals surface area contributed by atoms with Crippen LogP contribution in [0, 0.1) is 17.7 Å². The fourth-order valence-corrected chi connectivity index (χ4v) is 1.86. The Kier molecular flexibility index (Phi) is 5.67. The van der Waals surface area contributed by atoms with E-state index in [1.807, 2.05) is 13.8 Å². The van der Waals surface area contributed by atoms with Gasteiger partial charge in [0.05, 0.1) is 5.92 Å². The molecule has 1 aromatic carbocycles. The molecule has 0 radical (unpaired) electrons. The first-order valence-electron chi connectivity index (χ1n) is 6.59. The predicted molar refractivity (Wildman–Crippen MR) is 73.9 cm³/mol. The minimum atomic E-state index is -0.939. The van der Waals surface area contributed by atoms with Gasteiger partial charge in [-0.25, -0.2) is 4.39 Å². The lowest BCUT2D eigenvalue weighted by molar-refractivity contribution is -0.141. The van der Waals surface area contributed by atoms with Gasteiger partial charge in [0.2, 0.25) is 0 Å². The summed E-state index contributed by atoms with van der Waals surface area (Å²) in [4.78, 5) is 24.8. The van der Waals surface area contributed by atoms with Crippen molar-refractivity contribution in [3.8, 4) is 0 Å². The molecule has 0 aromatic heterocycles. The van der Waals surface area contributed by atoms with Crippen molar-refractivity contribution in [1.29, 1.82) is 0 Å². The van der Waals surface area contributed by atoms with E-state index in [2.05, 4.69) is 0 Å². The van der Waals surface area contributed by atoms with Crippen molar-refractivity contribution < 1.29 is 19.1 Å². The molecule has 0 heterocycles. The smallest absolute Gasteiger partial charge is 0.308 e. The first-order valence-corrected chi connectivity index (χ1v) is 6.59. The molecule has 5 heteroatoms. The third-order valence-corrected chi connectivity index (χ3v) is 2.88. The van der Waals surface area contributed by atoms with Gasteiger partial charge in [-0.1, -0.05) is 20.8 Å². The maximum atomic E-state index is 12.9. The summed E-state index contributed by atoms with van der Waals surface area (Å²) < 4.78 is 12.9. The second-order valence-electron chi connectivity index (χ2n) is 5.35. The van der Waals surface area contributed by atoms with Gasteiger partial charge >= 0.3 is 5.97 Å². The van der Waals surface area contributed by atoms with Gasteiger partial charge in [0.1, 0.15) is 5.82 Å². The van der Waals surface area contributed by atoms with Gasteiger partial charge in [-0.3, -0.25) is 9.59 Å². The second-order valence-corrected chi connectivity index (χ2v) is 5.35. The van der Waals surface area contributed by atoms with E-state index in [0.29, 0.717) is 12.1 Å². The van der Waals surface area contributed by atoms with Gasteiger partial charge in [0, 0.05) is 18.7 Å². The zero-order valence-electron chi connectivity index (χ0n) is 12.0. The molecule has 0 fully saturated rings. The number of rotatable bonds is 6. The standard InChI is InChI=1S/C15H20FNO3/c1-10(2)8-17(9-11(3)15(19)20)14(18)12-4-6-13(16)7-5-12/h4-7,10-11H,8-9H2,1-3H3,(H,19,20). The third-order valence-electron chi connectivity index (χ3n) is 2.88. The normalized spacial score (nSPS) is 12.2. The predicted octanol–water partition coefficient (Wildman–Crippen LogP) is 2.64. The number of carboxylic acid groups (broad SMARTS) is 1. The van der Waals surface area contributed by atoms with E-state index in [1.54, 1.807) is 6.92 Å². The highest BCUT2D eigenvalue weighted by molar-refractivity contribution is 5.94. The molecule has 1 N–H and O–H groups in total. The van der Waals surface area contributed by atoms with E-state index in [4.69, 9.17) is 5.11 Å². The molecule has 0 spiro atoms. The van der Waals surface area contributed by atoms with Crippen molar-refractivity contribution in [2.24, 2.45) is 11.8 Å². The molecule has 1 atom stereocenters. The van der Waals surface area contributed by atoms with E-state index >= 15 is 0 Å². The Labute approximate surface area is 118 Å². The number of hydrogen-bond donors (Lipinski definition) is 1. The van der Waals surface area contributed by atoms with Crippen LogP contribution in [0.4, 0.5) is 4.39 Å². The molecule has 0 aliphatic heterocycles. The lowest BCUT2D eigenvalue weighted by Crippen LogP contribution is -2.39. The molecular weight excluding hydrogens is 261 g/mol. The van der Waals surface area contributed by atoms with Gasteiger partial charge in [-0.2, -0.15) is 0 Å². The van der Waals surface area contributed by atoms with E-state index in [0.717, 1.165) is 0 Å². The van der Waals surface area contributed by atoms with E-state index in [-0.39, 0.29) is 18.4 Å². The molecule has 110 valence electrons. The largest absolute Gasteiger partial charge is 0.481 e. The average molecular weight is 281 g/mol. The summed E-state index contributed by atoms with van der Waals surface area (Å²) in [5.74, 6) is -2.04. The molecule has 0 aliphatic rings. The van der Waals surface area contributed by atoms with Crippen LogP contribution in [0.25, 0.3) is 0 Å². The fraction of sp³-hybridized carbons (Fsp3) is 0.467. The highest BCUT2D eigenvalue weighted by Gasteiger charge is 2.22. The Morgan fingerprint density at radius 1 is 1.15 bits per heavy atom. The lowest BCUT2D eigenvalue weighted by Gasteiger charge is -2.26. The second kappa shape index (κ2) is 7.03. The van der Waals surface area contributed by atoms with Crippen LogP contribution in [0.2, 0.25) is 0 Å². The van der Waals surface area contributed by atoms with Gasteiger partial charge < -0.3 is 10.0 Å². The van der Waals surface area contributed by atoms with Crippen LogP contribution in [0.5, 0.6) is 0 Å². The Balaban J connectivity index is 2.89. The van der Waals surface area contributed by atoms with Crippen LogP contribution in [-0.4, -0.2) is 35.0 Å². The van der Waals surface area contributed by atoms with Gasteiger partial charge in [0.15, 0.2) is 0 Å². The Morgan fingerprint density at radius 3 is 2.15 bits per heavy atom. The number of halogens is 1. The van der Waals surface area contributed by atoms with Crippen molar-refractivity contribution in [1.82, 2.24) is 4.90 Å². The molecule has 4 nitrogen and oxygen atoms in total. The minimum Gasteiger partial charge on any atom is -0.481 e. The Morgan fingerprint density at radius 2 is 1.70 bits per heavy atom. The maximum Gasteiger partial charge on any atom is 0.308 e. The first kappa shape index (κ1) is 16.1. The number of carboxylic acids is 1. The van der Waals surface area contributed by atoms with Crippen molar-refractivity contribution in [3.05, 3.63) is 35.6 Å². The van der Waals surface area contributed by atoms with Crippen LogP contribution in [0.3, 0.4) is 0 Å². The number of aliphatic carboxylic acids is 1. The number of carbonyl (C=O) groups excluding carboxylic acids is 1. The lowest BCUT2D eigenvalue weighted by atomic mass is 10.1. The monoisotopic (exact) mass is 281 g/mol. The third kappa shape index (κ3) is 4.64. The Bertz CT molecular complexity index is 471. The number of nitrogens with zero attached hydrogens (tertiary/aromatic N) is 1. The highest BCUT2D eigenvalue weighted by atomic mass is 19.1. The summed E-state index contributed by atoms with van der Waals surface area (Å²) in [7, 11) is 0. The molecule has 0 saturated heterocycles. The summed E-state index contributed by atoms with van der Waals surface area (Å²) in [6.07, 6.45) is 0. The zero-order chi connectivity index (χ0) is 15.3. The average Bonchev–Trinajstić information content (AvgIpc) is 2.37. The number of carbonyl (C=O) groups is 2. The summed E-state index contributed by atoms with van der Waals surface area (Å²) >= 11 is 0. The van der Waals surface area contributed by atoms with Gasteiger partial charge in [0.25, 0.3) is 5.91 Å². The van der Waals surface area contributed by atoms with Crippen molar-refractivity contribution >= 4 is 11.9 Å². The Hall–Kier alpha value is -1.91. The van der Waals surface area contributed by atoms with E-state index < -0.39 is 17.7 Å². The molecular formula is C15H20FNO3. The summed E-state index contributed by atoms with van der Waals surface area (Å²) in [5, 5.41) is 8.97. The van der Waals surface area contributed by atoms with Crippen molar-refractivity contribution in [3.63, 3.8) is 0 Å². The fourth-order valence-electron chi connectivity index (χ4n) is 1.86.